The van der Waals surface area contributed by atoms with Crippen molar-refractivity contribution in [2.75, 3.05) is 10.5 Å². The van der Waals surface area contributed by atoms with Crippen LogP contribution in [0.4, 0.5) is 14.5 Å². The first kappa shape index (κ1) is 12.8. The van der Waals surface area contributed by atoms with E-state index in [0.717, 1.165) is 12.1 Å². The van der Waals surface area contributed by atoms with Gasteiger partial charge in [0.05, 0.1) is 10.7 Å². The van der Waals surface area contributed by atoms with Gasteiger partial charge in [0, 0.05) is 0 Å². The molecule has 0 spiro atoms. The standard InChI is InChI=1S/C8H8F2N2O2S2/c9-5-2-1-3-6(8(5)10)12-16(13,14)4-7(11)15/h1-3,12H,4H2,(H2,11,15). The molecule has 16 heavy (non-hydrogen) atoms. The molecule has 0 saturated heterocycles. The number of rotatable bonds is 4. The first-order valence-corrected chi connectivity index (χ1v) is 6.10. The van der Waals surface area contributed by atoms with Crippen molar-refractivity contribution in [2.45, 2.75) is 0 Å². The minimum Gasteiger partial charge on any atom is -0.392 e. The first-order chi connectivity index (χ1) is 7.32. The molecule has 0 bridgehead atoms. The average molecular weight is 266 g/mol. The Bertz CT molecular complexity index is 517. The minimum absolute atomic E-state index is 0.260. The molecule has 0 heterocycles. The zero-order valence-corrected chi connectivity index (χ0v) is 9.54. The van der Waals surface area contributed by atoms with Gasteiger partial charge in [-0.05, 0) is 12.1 Å². The molecule has 0 amide bonds. The summed E-state index contributed by atoms with van der Waals surface area (Å²) in [5.41, 5.74) is 4.57. The van der Waals surface area contributed by atoms with Gasteiger partial charge >= 0.3 is 0 Å². The van der Waals surface area contributed by atoms with Crippen molar-refractivity contribution in [1.29, 1.82) is 0 Å². The van der Waals surface area contributed by atoms with Gasteiger partial charge in [-0.2, -0.15) is 0 Å². The topological polar surface area (TPSA) is 72.2 Å². The fourth-order valence-electron chi connectivity index (χ4n) is 0.974. The van der Waals surface area contributed by atoms with E-state index < -0.39 is 33.1 Å². The number of anilines is 1. The summed E-state index contributed by atoms with van der Waals surface area (Å²) in [6, 6.07) is 3.15. The van der Waals surface area contributed by atoms with Crippen LogP contribution < -0.4 is 10.5 Å². The summed E-state index contributed by atoms with van der Waals surface area (Å²) in [6.45, 7) is 0. The van der Waals surface area contributed by atoms with Gasteiger partial charge in [0.2, 0.25) is 10.0 Å². The third kappa shape index (κ3) is 3.38. The Morgan fingerprint density at radius 3 is 2.62 bits per heavy atom. The molecule has 0 saturated carbocycles. The Kier molecular flexibility index (Phi) is 3.76. The number of hydrogen-bond donors (Lipinski definition) is 2. The second-order valence-electron chi connectivity index (χ2n) is 2.93. The molecule has 0 unspecified atom stereocenters. The Labute approximate surface area is 96.5 Å². The highest BCUT2D eigenvalue weighted by molar-refractivity contribution is 7.95. The lowest BCUT2D eigenvalue weighted by atomic mass is 10.3. The maximum Gasteiger partial charge on any atom is 0.239 e. The Balaban J connectivity index is 2.97. The minimum atomic E-state index is -3.90. The summed E-state index contributed by atoms with van der Waals surface area (Å²) in [6.07, 6.45) is 0. The Hall–Kier alpha value is -1.28. The predicted molar refractivity (Wildman–Crippen MR) is 60.6 cm³/mol. The number of halogens is 2. The van der Waals surface area contributed by atoms with Crippen LogP contribution in [0.3, 0.4) is 0 Å². The van der Waals surface area contributed by atoms with Crippen molar-refractivity contribution < 1.29 is 17.2 Å². The van der Waals surface area contributed by atoms with E-state index in [0.29, 0.717) is 0 Å². The summed E-state index contributed by atoms with van der Waals surface area (Å²) in [5, 5.41) is 0. The van der Waals surface area contributed by atoms with Crippen LogP contribution in [0.2, 0.25) is 0 Å². The quantitative estimate of drug-likeness (QED) is 0.797. The lowest BCUT2D eigenvalue weighted by Crippen LogP contribution is -2.26. The SMILES string of the molecule is NC(=S)CS(=O)(=O)Nc1cccc(F)c1F. The second-order valence-corrected chi connectivity index (χ2v) is 5.18. The second kappa shape index (κ2) is 4.71. The molecule has 4 nitrogen and oxygen atoms in total. The highest BCUT2D eigenvalue weighted by atomic mass is 32.2. The zero-order valence-electron chi connectivity index (χ0n) is 7.91. The van der Waals surface area contributed by atoms with Gasteiger partial charge in [-0.3, -0.25) is 4.72 Å². The molecule has 1 aromatic carbocycles. The molecule has 1 rings (SSSR count). The zero-order chi connectivity index (χ0) is 12.3. The number of benzene rings is 1. The van der Waals surface area contributed by atoms with Crippen LogP contribution >= 0.6 is 12.2 Å². The van der Waals surface area contributed by atoms with Crippen LogP contribution in [0, 0.1) is 11.6 Å². The van der Waals surface area contributed by atoms with E-state index >= 15 is 0 Å². The molecule has 0 aliphatic carbocycles. The number of sulfonamides is 1. The normalized spacial score (nSPS) is 11.1. The fraction of sp³-hybridized carbons (Fsp3) is 0.125. The molecule has 8 heteroatoms. The van der Waals surface area contributed by atoms with E-state index in [9.17, 15) is 17.2 Å². The molecular weight excluding hydrogens is 258 g/mol. The summed E-state index contributed by atoms with van der Waals surface area (Å²) < 4.78 is 50.3. The van der Waals surface area contributed by atoms with Gasteiger partial charge in [-0.15, -0.1) is 0 Å². The lowest BCUT2D eigenvalue weighted by Gasteiger charge is -2.08. The van der Waals surface area contributed by atoms with Crippen molar-refractivity contribution in [3.05, 3.63) is 29.8 Å². The maximum atomic E-state index is 13.1. The summed E-state index contributed by atoms with van der Waals surface area (Å²) in [7, 11) is -3.90. The average Bonchev–Trinajstić information content (AvgIpc) is 2.10. The largest absolute Gasteiger partial charge is 0.392 e. The monoisotopic (exact) mass is 266 g/mol. The molecule has 0 aliphatic rings. The third-order valence-electron chi connectivity index (χ3n) is 1.55. The predicted octanol–water partition coefficient (Wildman–Crippen LogP) is 0.993. The van der Waals surface area contributed by atoms with Crippen molar-refractivity contribution in [1.82, 2.24) is 0 Å². The van der Waals surface area contributed by atoms with Gasteiger partial charge in [0.15, 0.2) is 11.6 Å². The van der Waals surface area contributed by atoms with Crippen LogP contribution in [0.25, 0.3) is 0 Å². The molecule has 1 aromatic rings. The summed E-state index contributed by atoms with van der Waals surface area (Å²) >= 11 is 4.41. The Morgan fingerprint density at radius 2 is 2.06 bits per heavy atom. The first-order valence-electron chi connectivity index (χ1n) is 4.04. The van der Waals surface area contributed by atoms with E-state index in [4.69, 9.17) is 5.73 Å². The molecule has 0 fully saturated rings. The van der Waals surface area contributed by atoms with Gasteiger partial charge in [-0.25, -0.2) is 17.2 Å². The van der Waals surface area contributed by atoms with Gasteiger partial charge < -0.3 is 5.73 Å². The van der Waals surface area contributed by atoms with E-state index in [-0.39, 0.29) is 4.99 Å². The number of nitrogens with two attached hydrogens (primary N) is 1. The number of thiocarbonyl (C=S) groups is 1. The molecule has 0 atom stereocenters. The van der Waals surface area contributed by atoms with E-state index in [1.165, 1.54) is 6.07 Å². The van der Waals surface area contributed by atoms with Gasteiger partial charge in [0.25, 0.3) is 0 Å². The molecule has 3 N–H and O–H groups in total. The highest BCUT2D eigenvalue weighted by Crippen LogP contribution is 2.17. The van der Waals surface area contributed by atoms with Crippen molar-refractivity contribution >= 4 is 32.9 Å². The van der Waals surface area contributed by atoms with E-state index in [1.54, 1.807) is 0 Å². The summed E-state index contributed by atoms with van der Waals surface area (Å²) in [5.74, 6) is -3.04. The van der Waals surface area contributed by atoms with Gasteiger partial charge in [0.1, 0.15) is 5.75 Å². The van der Waals surface area contributed by atoms with Crippen molar-refractivity contribution in [3.8, 4) is 0 Å². The molecular formula is C8H8F2N2O2S2. The molecule has 0 radical (unpaired) electrons. The highest BCUT2D eigenvalue weighted by Gasteiger charge is 2.16. The number of hydrogen-bond acceptors (Lipinski definition) is 3. The Morgan fingerprint density at radius 1 is 1.44 bits per heavy atom. The number of nitrogens with one attached hydrogen (secondary N) is 1. The molecule has 0 aliphatic heterocycles. The van der Waals surface area contributed by atoms with Crippen molar-refractivity contribution in [3.63, 3.8) is 0 Å². The van der Waals surface area contributed by atoms with Crippen LogP contribution in [0.5, 0.6) is 0 Å². The third-order valence-corrected chi connectivity index (χ3v) is 3.10. The van der Waals surface area contributed by atoms with Gasteiger partial charge in [-0.1, -0.05) is 18.3 Å². The molecule has 0 aromatic heterocycles. The van der Waals surface area contributed by atoms with Crippen LogP contribution in [0.15, 0.2) is 18.2 Å². The van der Waals surface area contributed by atoms with Crippen LogP contribution in [-0.2, 0) is 10.0 Å². The fourth-order valence-corrected chi connectivity index (χ4v) is 2.38. The van der Waals surface area contributed by atoms with Crippen LogP contribution in [0.1, 0.15) is 0 Å². The van der Waals surface area contributed by atoms with Crippen LogP contribution in [-0.4, -0.2) is 19.2 Å². The van der Waals surface area contributed by atoms with E-state index in [1.807, 2.05) is 4.72 Å². The van der Waals surface area contributed by atoms with E-state index in [2.05, 4.69) is 12.2 Å². The summed E-state index contributed by atoms with van der Waals surface area (Å²) in [4.78, 5) is -0.260. The molecule has 88 valence electrons. The lowest BCUT2D eigenvalue weighted by molar-refractivity contribution is 0.511. The van der Waals surface area contributed by atoms with Crippen molar-refractivity contribution in [2.24, 2.45) is 5.73 Å². The smallest absolute Gasteiger partial charge is 0.239 e. The maximum absolute atomic E-state index is 13.1.